The van der Waals surface area contributed by atoms with E-state index in [0.29, 0.717) is 32.8 Å². The quantitative estimate of drug-likeness (QED) is 0.249. The second-order valence-corrected chi connectivity index (χ2v) is 15.7. The van der Waals surface area contributed by atoms with E-state index in [1.165, 1.54) is 4.90 Å². The zero-order chi connectivity index (χ0) is 38.8. The van der Waals surface area contributed by atoms with Crippen molar-refractivity contribution in [2.75, 3.05) is 26.2 Å². The van der Waals surface area contributed by atoms with Gasteiger partial charge in [0.1, 0.15) is 23.8 Å². The summed E-state index contributed by atoms with van der Waals surface area (Å²) in [5.41, 5.74) is 1.97. The number of benzene rings is 3. The molecule has 11 heteroatoms. The van der Waals surface area contributed by atoms with E-state index in [-0.39, 0.29) is 37.0 Å². The first-order valence-electron chi connectivity index (χ1n) is 18.3. The van der Waals surface area contributed by atoms with Gasteiger partial charge in [0.2, 0.25) is 11.8 Å². The molecule has 0 aromatic heterocycles. The van der Waals surface area contributed by atoms with Crippen molar-refractivity contribution >= 4 is 24.0 Å². The summed E-state index contributed by atoms with van der Waals surface area (Å²) >= 11 is 0. The number of amides is 4. The molecular formula is C42H56N4O7. The van der Waals surface area contributed by atoms with E-state index in [1.807, 2.05) is 146 Å². The highest BCUT2D eigenvalue weighted by molar-refractivity contribution is 5.87. The van der Waals surface area contributed by atoms with Gasteiger partial charge < -0.3 is 24.0 Å². The van der Waals surface area contributed by atoms with Crippen LogP contribution in [0.15, 0.2) is 91.0 Å². The molecule has 0 saturated carbocycles. The molecule has 0 aliphatic carbocycles. The van der Waals surface area contributed by atoms with Gasteiger partial charge in [-0.25, -0.2) is 9.59 Å². The maximum atomic E-state index is 13.4. The van der Waals surface area contributed by atoms with Crippen LogP contribution in [0.1, 0.15) is 72.1 Å². The molecule has 5 rings (SSSR count). The van der Waals surface area contributed by atoms with Gasteiger partial charge in [-0.15, -0.1) is 0 Å². The minimum atomic E-state index is -0.731. The minimum absolute atomic E-state index is 0.0483. The molecule has 2 fully saturated rings. The Morgan fingerprint density at radius 2 is 1.09 bits per heavy atom. The molecule has 3 aromatic rings. The Hall–Kier alpha value is -4.90. The molecule has 2 heterocycles. The fraction of sp³-hybridized carbons (Fsp3) is 0.476. The Morgan fingerprint density at radius 3 is 1.60 bits per heavy atom. The van der Waals surface area contributed by atoms with Crippen LogP contribution < -0.4 is 0 Å². The first kappa shape index (κ1) is 40.9. The van der Waals surface area contributed by atoms with Gasteiger partial charge in [-0.1, -0.05) is 91.0 Å². The highest BCUT2D eigenvalue weighted by atomic mass is 16.6. The van der Waals surface area contributed by atoms with Gasteiger partial charge in [0.25, 0.3) is 0 Å². The van der Waals surface area contributed by atoms with E-state index < -0.39 is 29.4 Å². The van der Waals surface area contributed by atoms with E-state index in [0.717, 1.165) is 16.7 Å². The van der Waals surface area contributed by atoms with Gasteiger partial charge in [0, 0.05) is 26.2 Å². The summed E-state index contributed by atoms with van der Waals surface area (Å²) in [6.07, 6.45) is -0.909. The summed E-state index contributed by atoms with van der Waals surface area (Å²) in [6, 6.07) is 28.5. The average molecular weight is 729 g/mol. The Balaban J connectivity index is 0.000000251. The molecule has 3 aromatic carbocycles. The van der Waals surface area contributed by atoms with Crippen LogP contribution in [0.2, 0.25) is 0 Å². The number of rotatable bonds is 8. The molecule has 0 N–H and O–H groups in total. The van der Waals surface area contributed by atoms with Crippen molar-refractivity contribution < 1.29 is 33.4 Å². The first-order valence-corrected chi connectivity index (χ1v) is 18.3. The van der Waals surface area contributed by atoms with Crippen LogP contribution in [0.3, 0.4) is 0 Å². The minimum Gasteiger partial charge on any atom is -0.444 e. The number of hydrogen-bond donors (Lipinski definition) is 0. The third kappa shape index (κ3) is 12.6. The predicted molar refractivity (Wildman–Crippen MR) is 204 cm³/mol. The van der Waals surface area contributed by atoms with E-state index >= 15 is 0 Å². The second-order valence-electron chi connectivity index (χ2n) is 15.7. The summed E-state index contributed by atoms with van der Waals surface area (Å²) in [4.78, 5) is 57.5. The molecule has 0 unspecified atom stereocenters. The van der Waals surface area contributed by atoms with Crippen molar-refractivity contribution in [3.63, 3.8) is 0 Å². The fourth-order valence-corrected chi connectivity index (χ4v) is 6.16. The van der Waals surface area contributed by atoms with Gasteiger partial charge in [-0.05, 0) is 72.1 Å². The number of carbonyl (C=O) groups excluding carboxylic acids is 4. The van der Waals surface area contributed by atoms with E-state index in [9.17, 15) is 19.2 Å². The van der Waals surface area contributed by atoms with Crippen LogP contribution in [0.5, 0.6) is 0 Å². The average Bonchev–Trinajstić information content (AvgIpc) is 3.08. The lowest BCUT2D eigenvalue weighted by Crippen LogP contribution is -2.64. The number of carbonyl (C=O) groups is 4. The summed E-state index contributed by atoms with van der Waals surface area (Å²) in [5.74, 6) is -0.173. The third-order valence-electron chi connectivity index (χ3n) is 8.62. The molecule has 2 saturated heterocycles. The Morgan fingerprint density at radius 1 is 0.642 bits per heavy atom. The standard InChI is InChI=1S/C25H32N2O4.C17H24N2O3/c1-19-15-26(16-20-11-7-5-8-12-20)23(28)22(27(19)24(29)31-25(2,3)4)18-30-17-21-13-9-6-10-14-21;1-13-10-18(11-14-8-6-5-7-9-14)15(20)12-19(13)16(21)22-17(2,3)4/h5-14,19,22H,15-18H2,1-4H3;5-9,13H,10-12H2,1-4H3/t19-,22-;13-/m00/s1. The lowest BCUT2D eigenvalue weighted by Gasteiger charge is -2.44. The molecule has 286 valence electrons. The van der Waals surface area contributed by atoms with E-state index in [4.69, 9.17) is 14.2 Å². The smallest absolute Gasteiger partial charge is 0.411 e. The van der Waals surface area contributed by atoms with Crippen LogP contribution >= 0.6 is 0 Å². The van der Waals surface area contributed by atoms with Crippen LogP contribution in [-0.4, -0.2) is 99.2 Å². The predicted octanol–water partition coefficient (Wildman–Crippen LogP) is 6.89. The zero-order valence-corrected chi connectivity index (χ0v) is 32.5. The molecule has 0 spiro atoms. The molecule has 0 radical (unpaired) electrons. The lowest BCUT2D eigenvalue weighted by atomic mass is 10.1. The van der Waals surface area contributed by atoms with Crippen molar-refractivity contribution in [1.82, 2.24) is 19.6 Å². The van der Waals surface area contributed by atoms with Crippen molar-refractivity contribution in [2.45, 2.75) is 104 Å². The number of hydrogen-bond acceptors (Lipinski definition) is 7. The monoisotopic (exact) mass is 728 g/mol. The molecule has 2 aliphatic heterocycles. The lowest BCUT2D eigenvalue weighted by molar-refractivity contribution is -0.148. The molecular weight excluding hydrogens is 672 g/mol. The van der Waals surface area contributed by atoms with Gasteiger partial charge in [-0.2, -0.15) is 0 Å². The first-order chi connectivity index (χ1) is 25.0. The van der Waals surface area contributed by atoms with Crippen molar-refractivity contribution in [3.8, 4) is 0 Å². The summed E-state index contributed by atoms with van der Waals surface area (Å²) in [6.45, 7) is 17.4. The highest BCUT2D eigenvalue weighted by Gasteiger charge is 2.43. The van der Waals surface area contributed by atoms with Crippen LogP contribution in [0.25, 0.3) is 0 Å². The van der Waals surface area contributed by atoms with Crippen LogP contribution in [-0.2, 0) is 43.5 Å². The largest absolute Gasteiger partial charge is 0.444 e. The molecule has 3 atom stereocenters. The SMILES string of the molecule is C[C@H]1CN(Cc2ccccc2)C(=O)CN1C(=O)OC(C)(C)C.C[C@H]1CN(Cc2ccccc2)C(=O)[C@H](COCc2ccccc2)N1C(=O)OC(C)(C)C. The van der Waals surface area contributed by atoms with Gasteiger partial charge >= 0.3 is 12.2 Å². The van der Waals surface area contributed by atoms with Crippen molar-refractivity contribution in [2.24, 2.45) is 0 Å². The summed E-state index contributed by atoms with van der Waals surface area (Å²) < 4.78 is 16.9. The van der Waals surface area contributed by atoms with E-state index in [1.54, 1.807) is 14.7 Å². The highest BCUT2D eigenvalue weighted by Crippen LogP contribution is 2.24. The van der Waals surface area contributed by atoms with Crippen LogP contribution in [0, 0.1) is 0 Å². The number of piperazine rings is 2. The van der Waals surface area contributed by atoms with Gasteiger partial charge in [0.05, 0.1) is 25.3 Å². The normalized spacial score (nSPS) is 19.4. The molecule has 11 nitrogen and oxygen atoms in total. The third-order valence-corrected chi connectivity index (χ3v) is 8.62. The fourth-order valence-electron chi connectivity index (χ4n) is 6.16. The van der Waals surface area contributed by atoms with Crippen molar-refractivity contribution in [3.05, 3.63) is 108 Å². The molecule has 2 aliphatic rings. The Labute approximate surface area is 314 Å². The number of nitrogens with zero attached hydrogens (tertiary/aromatic N) is 4. The van der Waals surface area contributed by atoms with Crippen molar-refractivity contribution in [1.29, 1.82) is 0 Å². The Kier molecular flexibility index (Phi) is 14.1. The van der Waals surface area contributed by atoms with Gasteiger partial charge in [-0.3, -0.25) is 19.4 Å². The van der Waals surface area contributed by atoms with E-state index in [2.05, 4.69) is 0 Å². The topological polar surface area (TPSA) is 109 Å². The van der Waals surface area contributed by atoms with Crippen LogP contribution in [0.4, 0.5) is 9.59 Å². The maximum absolute atomic E-state index is 13.4. The molecule has 4 amide bonds. The zero-order valence-electron chi connectivity index (χ0n) is 32.5. The molecule has 53 heavy (non-hydrogen) atoms. The summed E-state index contributed by atoms with van der Waals surface area (Å²) in [5, 5.41) is 0. The maximum Gasteiger partial charge on any atom is 0.411 e. The summed E-state index contributed by atoms with van der Waals surface area (Å²) in [7, 11) is 0. The second kappa shape index (κ2) is 18.2. The number of ether oxygens (including phenoxy) is 3. The molecule has 0 bridgehead atoms. The van der Waals surface area contributed by atoms with Gasteiger partial charge in [0.15, 0.2) is 0 Å². The Bertz CT molecular complexity index is 1640.